The van der Waals surface area contributed by atoms with Crippen LogP contribution < -0.4 is 0 Å². The van der Waals surface area contributed by atoms with E-state index in [4.69, 9.17) is 5.11 Å². The van der Waals surface area contributed by atoms with Crippen LogP contribution in [0.25, 0.3) is 0 Å². The average Bonchev–Trinajstić information content (AvgIpc) is 2.52. The molecular weight excluding hydrogens is 275 g/mol. The highest BCUT2D eigenvalue weighted by Gasteiger charge is 2.05. The molecular formula is C20H41FO. The topological polar surface area (TPSA) is 20.2 Å². The van der Waals surface area contributed by atoms with Gasteiger partial charge in [0.15, 0.2) is 0 Å². The Balaban J connectivity index is 3.05. The molecule has 1 N–H and O–H groups in total. The van der Waals surface area contributed by atoms with Crippen molar-refractivity contribution in [2.75, 3.05) is 6.61 Å². The van der Waals surface area contributed by atoms with Crippen molar-refractivity contribution in [3.63, 3.8) is 0 Å². The average molecular weight is 317 g/mol. The molecule has 0 aliphatic heterocycles. The molecule has 0 aliphatic rings. The molecule has 0 aliphatic carbocycles. The van der Waals surface area contributed by atoms with E-state index in [0.29, 0.717) is 6.42 Å². The van der Waals surface area contributed by atoms with Gasteiger partial charge in [0.2, 0.25) is 0 Å². The number of aliphatic hydroxyl groups excluding tert-OH is 1. The van der Waals surface area contributed by atoms with Gasteiger partial charge in [0.25, 0.3) is 0 Å². The van der Waals surface area contributed by atoms with Crippen LogP contribution in [0.5, 0.6) is 0 Å². The van der Waals surface area contributed by atoms with Crippen molar-refractivity contribution in [3.05, 3.63) is 0 Å². The number of alkyl halides is 1. The Hall–Kier alpha value is -0.110. The molecule has 0 amide bonds. The first kappa shape index (κ1) is 21.9. The molecule has 0 radical (unpaired) electrons. The molecule has 0 aromatic heterocycles. The van der Waals surface area contributed by atoms with E-state index in [1.807, 2.05) is 0 Å². The van der Waals surface area contributed by atoms with Crippen LogP contribution in [-0.4, -0.2) is 17.9 Å². The van der Waals surface area contributed by atoms with Gasteiger partial charge in [0, 0.05) is 6.61 Å². The first-order valence-electron chi connectivity index (χ1n) is 10.1. The zero-order valence-electron chi connectivity index (χ0n) is 15.1. The van der Waals surface area contributed by atoms with E-state index >= 15 is 0 Å². The second kappa shape index (κ2) is 18.9. The highest BCUT2D eigenvalue weighted by Crippen LogP contribution is 2.16. The molecule has 0 saturated carbocycles. The summed E-state index contributed by atoms with van der Waals surface area (Å²) >= 11 is 0. The van der Waals surface area contributed by atoms with Crippen molar-refractivity contribution in [1.82, 2.24) is 0 Å². The minimum Gasteiger partial charge on any atom is -0.396 e. The van der Waals surface area contributed by atoms with Gasteiger partial charge in [-0.1, -0.05) is 90.4 Å². The van der Waals surface area contributed by atoms with Crippen LogP contribution in [0.4, 0.5) is 4.39 Å². The van der Waals surface area contributed by atoms with Gasteiger partial charge in [-0.05, 0) is 25.7 Å². The van der Waals surface area contributed by atoms with Crippen molar-refractivity contribution in [2.24, 2.45) is 0 Å². The predicted octanol–water partition coefficient (Wildman–Crippen LogP) is 6.97. The lowest BCUT2D eigenvalue weighted by Gasteiger charge is -2.07. The second-order valence-corrected chi connectivity index (χ2v) is 6.85. The first-order valence-corrected chi connectivity index (χ1v) is 10.1. The lowest BCUT2D eigenvalue weighted by molar-refractivity contribution is 0.251. The number of hydrogen-bond acceptors (Lipinski definition) is 1. The van der Waals surface area contributed by atoms with Crippen molar-refractivity contribution < 1.29 is 9.50 Å². The molecule has 1 nitrogen and oxygen atoms in total. The number of unbranched alkanes of at least 4 members (excludes halogenated alkanes) is 13. The number of halogens is 1. The molecule has 0 unspecified atom stereocenters. The molecule has 0 spiro atoms. The summed E-state index contributed by atoms with van der Waals surface area (Å²) in [6.07, 6.45) is 19.7. The highest BCUT2D eigenvalue weighted by atomic mass is 19.1. The van der Waals surface area contributed by atoms with Gasteiger partial charge in [-0.25, -0.2) is 4.39 Å². The Kier molecular flexibility index (Phi) is 18.8. The molecule has 0 aromatic carbocycles. The molecule has 0 fully saturated rings. The minimum atomic E-state index is -0.640. The second-order valence-electron chi connectivity index (χ2n) is 6.85. The van der Waals surface area contributed by atoms with Crippen LogP contribution in [0.3, 0.4) is 0 Å². The summed E-state index contributed by atoms with van der Waals surface area (Å²) in [4.78, 5) is 0. The highest BCUT2D eigenvalue weighted by molar-refractivity contribution is 4.57. The SMILES string of the molecule is CCCCCCCCCCCCCCC[C@H](F)CCCCO. The molecule has 134 valence electrons. The van der Waals surface area contributed by atoms with Gasteiger partial charge in [-0.15, -0.1) is 0 Å². The third-order valence-electron chi connectivity index (χ3n) is 4.55. The lowest BCUT2D eigenvalue weighted by Crippen LogP contribution is -2.00. The molecule has 22 heavy (non-hydrogen) atoms. The van der Waals surface area contributed by atoms with Crippen LogP contribution in [0.1, 0.15) is 116 Å². The van der Waals surface area contributed by atoms with Crippen LogP contribution >= 0.6 is 0 Å². The van der Waals surface area contributed by atoms with E-state index in [0.717, 1.165) is 25.7 Å². The lowest BCUT2D eigenvalue weighted by atomic mass is 10.0. The van der Waals surface area contributed by atoms with E-state index in [-0.39, 0.29) is 6.61 Å². The summed E-state index contributed by atoms with van der Waals surface area (Å²) in [7, 11) is 0. The van der Waals surface area contributed by atoms with Crippen molar-refractivity contribution >= 4 is 0 Å². The largest absolute Gasteiger partial charge is 0.396 e. The van der Waals surface area contributed by atoms with E-state index < -0.39 is 6.17 Å². The summed E-state index contributed by atoms with van der Waals surface area (Å²) in [6.45, 7) is 2.47. The third kappa shape index (κ3) is 17.9. The van der Waals surface area contributed by atoms with E-state index in [9.17, 15) is 4.39 Å². The molecule has 2 heteroatoms. The Morgan fingerprint density at radius 1 is 0.591 bits per heavy atom. The fourth-order valence-electron chi connectivity index (χ4n) is 3.01. The molecule has 0 saturated heterocycles. The van der Waals surface area contributed by atoms with Crippen molar-refractivity contribution in [2.45, 2.75) is 122 Å². The fourth-order valence-corrected chi connectivity index (χ4v) is 3.01. The van der Waals surface area contributed by atoms with Gasteiger partial charge in [0.1, 0.15) is 6.17 Å². The zero-order chi connectivity index (χ0) is 16.3. The van der Waals surface area contributed by atoms with Crippen molar-refractivity contribution in [1.29, 1.82) is 0 Å². The van der Waals surface area contributed by atoms with E-state index in [1.54, 1.807) is 0 Å². The Bertz CT molecular complexity index is 196. The van der Waals surface area contributed by atoms with E-state index in [2.05, 4.69) is 6.92 Å². The molecule has 0 heterocycles. The predicted molar refractivity (Wildman–Crippen MR) is 96.1 cm³/mol. The van der Waals surface area contributed by atoms with Gasteiger partial charge < -0.3 is 5.11 Å². The molecule has 0 bridgehead atoms. The van der Waals surface area contributed by atoms with Gasteiger partial charge in [0.05, 0.1) is 0 Å². The summed E-state index contributed by atoms with van der Waals surface area (Å²) in [5.41, 5.74) is 0. The molecule has 1 atom stereocenters. The molecule has 0 rings (SSSR count). The maximum Gasteiger partial charge on any atom is 0.100 e. The maximum atomic E-state index is 13.5. The van der Waals surface area contributed by atoms with Crippen molar-refractivity contribution in [3.8, 4) is 0 Å². The standard InChI is InChI=1S/C20H41FO/c1-2-3-4-5-6-7-8-9-10-11-12-13-14-17-20(21)18-15-16-19-22/h20,22H,2-19H2,1H3/t20-/m0/s1. The maximum absolute atomic E-state index is 13.5. The van der Waals surface area contributed by atoms with Crippen LogP contribution in [-0.2, 0) is 0 Å². The van der Waals surface area contributed by atoms with Crippen LogP contribution in [0.15, 0.2) is 0 Å². The van der Waals surface area contributed by atoms with Gasteiger partial charge in [-0.3, -0.25) is 0 Å². The van der Waals surface area contributed by atoms with Crippen LogP contribution in [0.2, 0.25) is 0 Å². The zero-order valence-corrected chi connectivity index (χ0v) is 15.1. The summed E-state index contributed by atoms with van der Waals surface area (Å²) in [5, 5.41) is 8.66. The monoisotopic (exact) mass is 316 g/mol. The number of aliphatic hydroxyl groups is 1. The normalized spacial score (nSPS) is 12.7. The first-order chi connectivity index (χ1) is 10.8. The quantitative estimate of drug-likeness (QED) is 0.271. The third-order valence-corrected chi connectivity index (χ3v) is 4.55. The fraction of sp³-hybridized carbons (Fsp3) is 1.00. The molecule has 0 aromatic rings. The Labute approximate surface area is 139 Å². The Morgan fingerprint density at radius 3 is 1.36 bits per heavy atom. The minimum absolute atomic E-state index is 0.200. The van der Waals surface area contributed by atoms with Gasteiger partial charge in [-0.2, -0.15) is 0 Å². The summed E-state index contributed by atoms with van der Waals surface area (Å²) in [5.74, 6) is 0. The number of rotatable bonds is 18. The number of hydrogen-bond donors (Lipinski definition) is 1. The van der Waals surface area contributed by atoms with E-state index in [1.165, 1.54) is 77.0 Å². The van der Waals surface area contributed by atoms with Crippen LogP contribution in [0, 0.1) is 0 Å². The smallest absolute Gasteiger partial charge is 0.100 e. The summed E-state index contributed by atoms with van der Waals surface area (Å²) < 4.78 is 13.5. The Morgan fingerprint density at radius 2 is 0.955 bits per heavy atom. The van der Waals surface area contributed by atoms with Gasteiger partial charge >= 0.3 is 0 Å². The summed E-state index contributed by atoms with van der Waals surface area (Å²) in [6, 6.07) is 0.